The molecule has 0 aliphatic heterocycles. The number of aromatic hydroxyl groups is 1. The monoisotopic (exact) mass is 216 g/mol. The minimum absolute atomic E-state index is 0.216. The molecule has 4 nitrogen and oxygen atoms in total. The Morgan fingerprint density at radius 2 is 2.19 bits per heavy atom. The zero-order valence-electron chi connectivity index (χ0n) is 8.97. The van der Waals surface area contributed by atoms with E-state index in [-0.39, 0.29) is 5.75 Å². The largest absolute Gasteiger partial charge is 0.507 e. The maximum absolute atomic E-state index is 9.89. The topological polar surface area (TPSA) is 59.2 Å². The first-order valence-electron chi connectivity index (χ1n) is 5.38. The van der Waals surface area contributed by atoms with Gasteiger partial charge in [-0.05, 0) is 31.4 Å². The summed E-state index contributed by atoms with van der Waals surface area (Å²) in [7, 11) is 0. The van der Waals surface area contributed by atoms with Gasteiger partial charge in [-0.25, -0.2) is 0 Å². The van der Waals surface area contributed by atoms with Crippen LogP contribution >= 0.6 is 0 Å². The Morgan fingerprint density at radius 3 is 2.94 bits per heavy atom. The van der Waals surface area contributed by atoms with Gasteiger partial charge in [0.15, 0.2) is 5.82 Å². The Balaban J connectivity index is 2.03. The molecule has 1 fully saturated rings. The van der Waals surface area contributed by atoms with Crippen molar-refractivity contribution in [3.8, 4) is 17.2 Å². The van der Waals surface area contributed by atoms with Gasteiger partial charge in [-0.1, -0.05) is 17.3 Å². The molecule has 4 heteroatoms. The number of aryl methyl sites for hydroxylation is 1. The van der Waals surface area contributed by atoms with E-state index in [0.29, 0.717) is 17.4 Å². The van der Waals surface area contributed by atoms with E-state index in [4.69, 9.17) is 4.52 Å². The van der Waals surface area contributed by atoms with Crippen LogP contribution in [0.2, 0.25) is 0 Å². The SMILES string of the molecule is Cc1cccc(-c2nc(C3CC3)no2)c1O. The van der Waals surface area contributed by atoms with Gasteiger partial charge in [-0.3, -0.25) is 0 Å². The molecule has 1 aliphatic carbocycles. The van der Waals surface area contributed by atoms with E-state index in [0.717, 1.165) is 24.2 Å². The standard InChI is InChI=1S/C12H12N2O2/c1-7-3-2-4-9(10(7)15)12-13-11(14-16-12)8-5-6-8/h2-4,8,15H,5-6H2,1H3. The minimum Gasteiger partial charge on any atom is -0.507 e. The number of para-hydroxylation sites is 1. The maximum Gasteiger partial charge on any atom is 0.261 e. The predicted molar refractivity (Wildman–Crippen MR) is 58.1 cm³/mol. The Labute approximate surface area is 92.9 Å². The summed E-state index contributed by atoms with van der Waals surface area (Å²) in [5, 5.41) is 13.8. The van der Waals surface area contributed by atoms with E-state index >= 15 is 0 Å². The summed E-state index contributed by atoms with van der Waals surface area (Å²) in [6, 6.07) is 5.49. The molecule has 0 saturated heterocycles. The average molecular weight is 216 g/mol. The molecule has 0 bridgehead atoms. The van der Waals surface area contributed by atoms with Crippen LogP contribution < -0.4 is 0 Å². The average Bonchev–Trinajstić information content (AvgIpc) is 3.02. The summed E-state index contributed by atoms with van der Waals surface area (Å²) in [5.74, 6) is 1.84. The normalized spacial score (nSPS) is 15.3. The number of hydrogen-bond acceptors (Lipinski definition) is 4. The molecule has 0 atom stereocenters. The van der Waals surface area contributed by atoms with Gasteiger partial charge in [-0.15, -0.1) is 0 Å². The van der Waals surface area contributed by atoms with E-state index in [1.165, 1.54) is 0 Å². The summed E-state index contributed by atoms with van der Waals surface area (Å²) in [6.07, 6.45) is 2.28. The van der Waals surface area contributed by atoms with Crippen LogP contribution in [-0.2, 0) is 0 Å². The summed E-state index contributed by atoms with van der Waals surface area (Å²) in [6.45, 7) is 1.84. The lowest BCUT2D eigenvalue weighted by Gasteiger charge is -2.01. The third-order valence-corrected chi connectivity index (χ3v) is 2.85. The first-order chi connectivity index (χ1) is 7.75. The number of phenols is 1. The van der Waals surface area contributed by atoms with Gasteiger partial charge in [0, 0.05) is 5.92 Å². The quantitative estimate of drug-likeness (QED) is 0.838. The van der Waals surface area contributed by atoms with Gasteiger partial charge in [-0.2, -0.15) is 4.98 Å². The third kappa shape index (κ3) is 1.46. The molecule has 1 aromatic heterocycles. The zero-order chi connectivity index (χ0) is 11.1. The number of aromatic nitrogens is 2. The molecule has 0 unspecified atom stereocenters. The van der Waals surface area contributed by atoms with Crippen LogP contribution in [0.1, 0.15) is 30.1 Å². The van der Waals surface area contributed by atoms with Gasteiger partial charge >= 0.3 is 0 Å². The molecule has 1 saturated carbocycles. The predicted octanol–water partition coefficient (Wildman–Crippen LogP) is 2.63. The molecule has 0 spiro atoms. The lowest BCUT2D eigenvalue weighted by molar-refractivity contribution is 0.417. The summed E-state index contributed by atoms with van der Waals surface area (Å²) in [4.78, 5) is 4.31. The molecular weight excluding hydrogens is 204 g/mol. The van der Waals surface area contributed by atoms with Crippen LogP contribution in [0.4, 0.5) is 0 Å². The van der Waals surface area contributed by atoms with Crippen LogP contribution in [0.5, 0.6) is 5.75 Å². The van der Waals surface area contributed by atoms with Crippen LogP contribution in [0.3, 0.4) is 0 Å². The summed E-state index contributed by atoms with van der Waals surface area (Å²) < 4.78 is 5.17. The lowest BCUT2D eigenvalue weighted by atomic mass is 10.1. The fourth-order valence-corrected chi connectivity index (χ4v) is 1.68. The number of nitrogens with zero attached hydrogens (tertiary/aromatic N) is 2. The second kappa shape index (κ2) is 3.33. The smallest absolute Gasteiger partial charge is 0.261 e. The molecule has 0 radical (unpaired) electrons. The Morgan fingerprint density at radius 1 is 1.38 bits per heavy atom. The minimum atomic E-state index is 0.216. The summed E-state index contributed by atoms with van der Waals surface area (Å²) in [5.41, 5.74) is 1.42. The molecule has 1 heterocycles. The molecule has 16 heavy (non-hydrogen) atoms. The molecule has 1 aliphatic rings. The highest BCUT2D eigenvalue weighted by Gasteiger charge is 2.29. The molecule has 2 aromatic rings. The fraction of sp³-hybridized carbons (Fsp3) is 0.333. The highest BCUT2D eigenvalue weighted by molar-refractivity contribution is 5.64. The van der Waals surface area contributed by atoms with E-state index in [1.54, 1.807) is 6.07 Å². The van der Waals surface area contributed by atoms with Crippen molar-refractivity contribution in [3.05, 3.63) is 29.6 Å². The van der Waals surface area contributed by atoms with Gasteiger partial charge in [0.05, 0.1) is 5.56 Å². The third-order valence-electron chi connectivity index (χ3n) is 2.85. The molecule has 0 amide bonds. The van der Waals surface area contributed by atoms with Crippen LogP contribution in [0.15, 0.2) is 22.7 Å². The van der Waals surface area contributed by atoms with Crippen molar-refractivity contribution in [2.75, 3.05) is 0 Å². The van der Waals surface area contributed by atoms with E-state index in [9.17, 15) is 5.11 Å². The van der Waals surface area contributed by atoms with Crippen molar-refractivity contribution in [2.24, 2.45) is 0 Å². The highest BCUT2D eigenvalue weighted by atomic mass is 16.5. The fourth-order valence-electron chi connectivity index (χ4n) is 1.68. The number of phenolic OH excluding ortho intramolecular Hbond substituents is 1. The second-order valence-corrected chi connectivity index (χ2v) is 4.20. The second-order valence-electron chi connectivity index (χ2n) is 4.20. The molecule has 82 valence electrons. The maximum atomic E-state index is 9.89. The van der Waals surface area contributed by atoms with Crippen molar-refractivity contribution >= 4 is 0 Å². The van der Waals surface area contributed by atoms with E-state index < -0.39 is 0 Å². The van der Waals surface area contributed by atoms with E-state index in [1.807, 2.05) is 19.1 Å². The number of rotatable bonds is 2. The number of benzene rings is 1. The number of hydrogen-bond donors (Lipinski definition) is 1. The summed E-state index contributed by atoms with van der Waals surface area (Å²) >= 11 is 0. The molecular formula is C12H12N2O2. The molecule has 3 rings (SSSR count). The first kappa shape index (κ1) is 9.39. The van der Waals surface area contributed by atoms with E-state index in [2.05, 4.69) is 10.1 Å². The Hall–Kier alpha value is -1.84. The van der Waals surface area contributed by atoms with Crippen molar-refractivity contribution < 1.29 is 9.63 Å². The van der Waals surface area contributed by atoms with Crippen LogP contribution in [0.25, 0.3) is 11.5 Å². The first-order valence-corrected chi connectivity index (χ1v) is 5.38. The van der Waals surface area contributed by atoms with Crippen molar-refractivity contribution in [2.45, 2.75) is 25.7 Å². The van der Waals surface area contributed by atoms with Crippen molar-refractivity contribution in [1.82, 2.24) is 10.1 Å². The van der Waals surface area contributed by atoms with Crippen molar-refractivity contribution in [1.29, 1.82) is 0 Å². The highest BCUT2D eigenvalue weighted by Crippen LogP contribution is 2.39. The van der Waals surface area contributed by atoms with Crippen molar-refractivity contribution in [3.63, 3.8) is 0 Å². The van der Waals surface area contributed by atoms with Gasteiger partial charge in [0.25, 0.3) is 5.89 Å². The van der Waals surface area contributed by atoms with Gasteiger partial charge in [0.2, 0.25) is 0 Å². The molecule has 1 aromatic carbocycles. The zero-order valence-corrected chi connectivity index (χ0v) is 8.97. The van der Waals surface area contributed by atoms with Gasteiger partial charge in [0.1, 0.15) is 5.75 Å². The van der Waals surface area contributed by atoms with Crippen LogP contribution in [-0.4, -0.2) is 15.2 Å². The van der Waals surface area contributed by atoms with Crippen LogP contribution in [0, 0.1) is 6.92 Å². The Kier molecular flexibility index (Phi) is 1.96. The molecule has 1 N–H and O–H groups in total. The van der Waals surface area contributed by atoms with Gasteiger partial charge < -0.3 is 9.63 Å². The lowest BCUT2D eigenvalue weighted by Crippen LogP contribution is -1.84. The Bertz CT molecular complexity index is 530.